The van der Waals surface area contributed by atoms with Crippen LogP contribution in [0.4, 0.5) is 5.69 Å². The predicted octanol–water partition coefficient (Wildman–Crippen LogP) is 4.11. The van der Waals surface area contributed by atoms with E-state index >= 15 is 0 Å². The van der Waals surface area contributed by atoms with Crippen molar-refractivity contribution in [1.29, 1.82) is 0 Å². The second-order valence-electron chi connectivity index (χ2n) is 5.42. The van der Waals surface area contributed by atoms with Gasteiger partial charge in [0.25, 0.3) is 0 Å². The van der Waals surface area contributed by atoms with Gasteiger partial charge < -0.3 is 14.8 Å². The second-order valence-corrected chi connectivity index (χ2v) is 5.83. The van der Waals surface area contributed by atoms with E-state index in [-0.39, 0.29) is 0 Å². The Balaban J connectivity index is 2.10. The van der Waals surface area contributed by atoms with E-state index in [0.29, 0.717) is 16.6 Å². The molecule has 0 radical (unpaired) electrons. The third-order valence-electron chi connectivity index (χ3n) is 3.62. The largest absolute Gasteiger partial charge is 0.493 e. The van der Waals surface area contributed by atoms with E-state index in [1.165, 1.54) is 0 Å². The number of hydrogen-bond acceptors (Lipinski definition) is 4. The van der Waals surface area contributed by atoms with Crippen LogP contribution in [0, 0.1) is 6.92 Å². The smallest absolute Gasteiger partial charge is 0.191 e. The Kier molecular flexibility index (Phi) is 6.77. The number of aryl methyl sites for hydroxylation is 1. The molecule has 25 heavy (non-hydrogen) atoms. The first-order chi connectivity index (χ1) is 12.1. The molecule has 0 bridgehead atoms. The Morgan fingerprint density at radius 2 is 1.84 bits per heavy atom. The summed E-state index contributed by atoms with van der Waals surface area (Å²) in [6.07, 6.45) is 0.746. The summed E-state index contributed by atoms with van der Waals surface area (Å²) in [6.45, 7) is 4.07. The number of thiocarbonyl (C=S) groups is 1. The number of benzene rings is 2. The van der Waals surface area contributed by atoms with Crippen molar-refractivity contribution in [2.45, 2.75) is 20.3 Å². The van der Waals surface area contributed by atoms with Gasteiger partial charge in [-0.15, -0.1) is 0 Å². The number of rotatable bonds is 6. The molecule has 0 saturated heterocycles. The Morgan fingerprint density at radius 3 is 2.48 bits per heavy atom. The van der Waals surface area contributed by atoms with E-state index in [9.17, 15) is 0 Å². The van der Waals surface area contributed by atoms with Crippen molar-refractivity contribution in [3.63, 3.8) is 0 Å². The molecule has 0 aliphatic heterocycles. The van der Waals surface area contributed by atoms with Gasteiger partial charge in [-0.2, -0.15) is 5.10 Å². The minimum atomic E-state index is 0.442. The first-order valence-electron chi connectivity index (χ1n) is 8.00. The quantitative estimate of drug-likeness (QED) is 0.463. The van der Waals surface area contributed by atoms with E-state index < -0.39 is 0 Å². The zero-order valence-electron chi connectivity index (χ0n) is 14.9. The fourth-order valence-corrected chi connectivity index (χ4v) is 2.53. The molecule has 0 atom stereocenters. The van der Waals surface area contributed by atoms with Gasteiger partial charge in [-0.3, -0.25) is 5.43 Å². The molecule has 0 unspecified atom stereocenters. The van der Waals surface area contributed by atoms with Crippen LogP contribution in [0.15, 0.2) is 47.6 Å². The highest BCUT2D eigenvalue weighted by molar-refractivity contribution is 7.80. The summed E-state index contributed by atoms with van der Waals surface area (Å²) in [5.41, 5.74) is 6.81. The maximum absolute atomic E-state index is 5.35. The molecule has 5 nitrogen and oxygen atoms in total. The molecule has 2 aromatic carbocycles. The fourth-order valence-electron chi connectivity index (χ4n) is 2.36. The topological polar surface area (TPSA) is 54.9 Å². The minimum Gasteiger partial charge on any atom is -0.493 e. The van der Waals surface area contributed by atoms with E-state index in [0.717, 1.165) is 28.9 Å². The summed E-state index contributed by atoms with van der Waals surface area (Å²) >= 11 is 5.31. The normalized spacial score (nSPS) is 11.0. The molecule has 132 valence electrons. The SMILES string of the molecule is CCC(=NNC(=S)Nc1cccc(C)c1)c1ccc(OC)c(OC)c1. The van der Waals surface area contributed by atoms with Crippen LogP contribution >= 0.6 is 12.2 Å². The molecule has 0 aromatic heterocycles. The van der Waals surface area contributed by atoms with Crippen LogP contribution in [-0.4, -0.2) is 25.0 Å². The average molecular weight is 357 g/mol. The highest BCUT2D eigenvalue weighted by atomic mass is 32.1. The Hall–Kier alpha value is -2.60. The molecule has 0 spiro atoms. The van der Waals surface area contributed by atoms with Gasteiger partial charge in [-0.25, -0.2) is 0 Å². The zero-order chi connectivity index (χ0) is 18.2. The van der Waals surface area contributed by atoms with Crippen LogP contribution in [0.5, 0.6) is 11.5 Å². The van der Waals surface area contributed by atoms with Gasteiger partial charge >= 0.3 is 0 Å². The van der Waals surface area contributed by atoms with Gasteiger partial charge in [0, 0.05) is 11.3 Å². The van der Waals surface area contributed by atoms with Crippen LogP contribution in [0.3, 0.4) is 0 Å². The van der Waals surface area contributed by atoms with Crippen molar-refractivity contribution in [2.24, 2.45) is 5.10 Å². The van der Waals surface area contributed by atoms with Gasteiger partial charge in [-0.1, -0.05) is 19.1 Å². The summed E-state index contributed by atoms with van der Waals surface area (Å²) in [4.78, 5) is 0. The number of nitrogens with zero attached hydrogens (tertiary/aromatic N) is 1. The molecule has 0 saturated carbocycles. The maximum atomic E-state index is 5.35. The lowest BCUT2D eigenvalue weighted by Crippen LogP contribution is -2.25. The van der Waals surface area contributed by atoms with Crippen molar-refractivity contribution in [3.8, 4) is 11.5 Å². The molecule has 0 heterocycles. The molecule has 2 aromatic rings. The van der Waals surface area contributed by atoms with Crippen molar-refractivity contribution in [2.75, 3.05) is 19.5 Å². The van der Waals surface area contributed by atoms with Crippen LogP contribution in [0.1, 0.15) is 24.5 Å². The van der Waals surface area contributed by atoms with Crippen molar-refractivity contribution in [1.82, 2.24) is 5.43 Å². The summed E-state index contributed by atoms with van der Waals surface area (Å²) < 4.78 is 10.6. The number of methoxy groups -OCH3 is 2. The van der Waals surface area contributed by atoms with Crippen molar-refractivity contribution >= 4 is 28.7 Å². The third kappa shape index (κ3) is 5.19. The van der Waals surface area contributed by atoms with Gasteiger partial charge in [0.2, 0.25) is 0 Å². The standard InChI is InChI=1S/C19H23N3O2S/c1-5-16(14-9-10-17(23-3)18(12-14)24-4)21-22-19(25)20-15-8-6-7-13(2)11-15/h6-12H,5H2,1-4H3,(H2,20,22,25). The van der Waals surface area contributed by atoms with Crippen molar-refractivity contribution < 1.29 is 9.47 Å². The minimum absolute atomic E-state index is 0.442. The molecule has 0 aliphatic rings. The van der Waals surface area contributed by atoms with Gasteiger partial charge in [0.05, 0.1) is 19.9 Å². The number of ether oxygens (including phenoxy) is 2. The lowest BCUT2D eigenvalue weighted by atomic mass is 10.1. The Labute approximate surface area is 154 Å². The predicted molar refractivity (Wildman–Crippen MR) is 107 cm³/mol. The first kappa shape index (κ1) is 18.7. The highest BCUT2D eigenvalue weighted by Gasteiger charge is 2.08. The van der Waals surface area contributed by atoms with E-state index in [2.05, 4.69) is 15.8 Å². The van der Waals surface area contributed by atoms with E-state index in [1.807, 2.05) is 56.3 Å². The number of hydrazone groups is 1. The van der Waals surface area contributed by atoms with Gasteiger partial charge in [-0.05, 0) is 61.5 Å². The molecule has 6 heteroatoms. The molecule has 2 N–H and O–H groups in total. The van der Waals surface area contributed by atoms with Crippen LogP contribution in [0.2, 0.25) is 0 Å². The zero-order valence-corrected chi connectivity index (χ0v) is 15.7. The maximum Gasteiger partial charge on any atom is 0.191 e. The molecule has 0 amide bonds. The van der Waals surface area contributed by atoms with Gasteiger partial charge in [0.15, 0.2) is 16.6 Å². The van der Waals surface area contributed by atoms with E-state index in [1.54, 1.807) is 14.2 Å². The second kappa shape index (κ2) is 9.03. The van der Waals surface area contributed by atoms with Gasteiger partial charge in [0.1, 0.15) is 0 Å². The lowest BCUT2D eigenvalue weighted by molar-refractivity contribution is 0.355. The summed E-state index contributed by atoms with van der Waals surface area (Å²) in [5, 5.41) is 7.99. The molecule has 0 fully saturated rings. The molecular formula is C19H23N3O2S. The Bertz CT molecular complexity index is 775. The number of nitrogens with one attached hydrogen (secondary N) is 2. The highest BCUT2D eigenvalue weighted by Crippen LogP contribution is 2.28. The molecular weight excluding hydrogens is 334 g/mol. The fraction of sp³-hybridized carbons (Fsp3) is 0.263. The van der Waals surface area contributed by atoms with Crippen LogP contribution in [-0.2, 0) is 0 Å². The van der Waals surface area contributed by atoms with Crippen LogP contribution < -0.4 is 20.2 Å². The lowest BCUT2D eigenvalue weighted by Gasteiger charge is -2.12. The van der Waals surface area contributed by atoms with E-state index in [4.69, 9.17) is 21.7 Å². The number of anilines is 1. The third-order valence-corrected chi connectivity index (χ3v) is 3.81. The van der Waals surface area contributed by atoms with Crippen molar-refractivity contribution in [3.05, 3.63) is 53.6 Å². The first-order valence-corrected chi connectivity index (χ1v) is 8.40. The monoisotopic (exact) mass is 357 g/mol. The summed E-state index contributed by atoms with van der Waals surface area (Å²) in [7, 11) is 3.23. The Morgan fingerprint density at radius 1 is 1.08 bits per heavy atom. The summed E-state index contributed by atoms with van der Waals surface area (Å²) in [6, 6.07) is 13.7. The summed E-state index contributed by atoms with van der Waals surface area (Å²) in [5.74, 6) is 1.35. The van der Waals surface area contributed by atoms with Crippen LogP contribution in [0.25, 0.3) is 0 Å². The molecule has 0 aliphatic carbocycles. The molecule has 2 rings (SSSR count). The number of hydrogen-bond donors (Lipinski definition) is 2. The average Bonchev–Trinajstić information content (AvgIpc) is 2.62.